The van der Waals surface area contributed by atoms with Gasteiger partial charge in [-0.2, -0.15) is 4.98 Å². The molecule has 0 radical (unpaired) electrons. The van der Waals surface area contributed by atoms with E-state index < -0.39 is 0 Å². The van der Waals surface area contributed by atoms with E-state index >= 15 is 0 Å². The summed E-state index contributed by atoms with van der Waals surface area (Å²) >= 11 is 0. The van der Waals surface area contributed by atoms with Crippen molar-refractivity contribution in [3.05, 3.63) is 78.5 Å². The summed E-state index contributed by atoms with van der Waals surface area (Å²) in [6, 6.07) is 20.5. The highest BCUT2D eigenvalue weighted by Crippen LogP contribution is 2.25. The Hall–Kier alpha value is -4.20. The first-order chi connectivity index (χ1) is 15.7. The molecule has 0 atom stereocenters. The third-order valence-electron chi connectivity index (χ3n) is 5.19. The van der Waals surface area contributed by atoms with Crippen molar-refractivity contribution in [2.24, 2.45) is 0 Å². The number of amides is 1. The number of ether oxygens (including phenoxy) is 2. The molecule has 0 unspecified atom stereocenters. The monoisotopic (exact) mass is 428 g/mol. The normalized spacial score (nSPS) is 13.5. The molecule has 0 N–H and O–H groups in total. The first kappa shape index (κ1) is 19.7. The highest BCUT2D eigenvalue weighted by Gasteiger charge is 2.33. The molecule has 5 rings (SSSR count). The van der Waals surface area contributed by atoms with Gasteiger partial charge in [0.05, 0.1) is 25.8 Å². The molecule has 2 aromatic heterocycles. The van der Waals surface area contributed by atoms with Crippen LogP contribution in [0.2, 0.25) is 0 Å². The second-order valence-electron chi connectivity index (χ2n) is 7.35. The van der Waals surface area contributed by atoms with E-state index in [9.17, 15) is 4.79 Å². The molecular formula is C24H20N4O4. The van der Waals surface area contributed by atoms with Crippen molar-refractivity contribution in [3.63, 3.8) is 0 Å². The molecule has 1 fully saturated rings. The molecule has 0 spiro atoms. The zero-order chi connectivity index (χ0) is 21.9. The second-order valence-corrected chi connectivity index (χ2v) is 7.35. The second kappa shape index (κ2) is 8.50. The third-order valence-corrected chi connectivity index (χ3v) is 5.19. The molecule has 0 saturated carbocycles. The van der Waals surface area contributed by atoms with E-state index in [1.54, 1.807) is 17.0 Å². The van der Waals surface area contributed by atoms with E-state index in [0.29, 0.717) is 36.2 Å². The van der Waals surface area contributed by atoms with Crippen LogP contribution in [0.1, 0.15) is 10.4 Å². The number of rotatable bonds is 6. The van der Waals surface area contributed by atoms with Gasteiger partial charge in [0.15, 0.2) is 0 Å². The Labute approximate surface area is 184 Å². The molecule has 1 amide bonds. The summed E-state index contributed by atoms with van der Waals surface area (Å²) in [5.41, 5.74) is 2.24. The molecule has 4 aromatic rings. The SMILES string of the molecule is COc1ccc(C(=O)N2CC(Oc3ccc(-c4noc(-c5ccccc5)n4)cc3)C2)cn1. The number of benzene rings is 2. The van der Waals surface area contributed by atoms with Crippen LogP contribution >= 0.6 is 0 Å². The van der Waals surface area contributed by atoms with Crippen LogP contribution in [0.3, 0.4) is 0 Å². The van der Waals surface area contributed by atoms with Gasteiger partial charge in [-0.3, -0.25) is 4.79 Å². The highest BCUT2D eigenvalue weighted by atomic mass is 16.5. The fourth-order valence-corrected chi connectivity index (χ4v) is 3.40. The van der Waals surface area contributed by atoms with Gasteiger partial charge in [0.25, 0.3) is 11.8 Å². The Balaban J connectivity index is 1.17. The molecule has 2 aromatic carbocycles. The molecule has 160 valence electrons. The lowest BCUT2D eigenvalue weighted by Gasteiger charge is -2.39. The van der Waals surface area contributed by atoms with Gasteiger partial charge in [-0.25, -0.2) is 4.98 Å². The summed E-state index contributed by atoms with van der Waals surface area (Å²) < 4.78 is 16.4. The number of aromatic nitrogens is 3. The number of carbonyl (C=O) groups is 1. The summed E-state index contributed by atoms with van der Waals surface area (Å²) in [5.74, 6) is 2.13. The maximum atomic E-state index is 12.5. The van der Waals surface area contributed by atoms with Gasteiger partial charge in [-0.15, -0.1) is 0 Å². The Morgan fingerprint density at radius 2 is 1.78 bits per heavy atom. The standard InChI is InChI=1S/C24H20N4O4/c1-30-21-12-9-18(13-25-21)24(29)28-14-20(15-28)31-19-10-7-16(8-11-19)22-26-23(32-27-22)17-5-3-2-4-6-17/h2-13,20H,14-15H2,1H3. The number of methoxy groups -OCH3 is 1. The number of likely N-dealkylation sites (tertiary alicyclic amines) is 1. The van der Waals surface area contributed by atoms with Gasteiger partial charge in [-0.05, 0) is 42.5 Å². The molecule has 0 aliphatic carbocycles. The average molecular weight is 428 g/mol. The summed E-state index contributed by atoms with van der Waals surface area (Å²) in [6.45, 7) is 1.05. The molecule has 32 heavy (non-hydrogen) atoms. The minimum absolute atomic E-state index is 0.0501. The molecule has 8 heteroatoms. The van der Waals surface area contributed by atoms with Crippen molar-refractivity contribution < 1.29 is 18.8 Å². The van der Waals surface area contributed by atoms with E-state index in [4.69, 9.17) is 14.0 Å². The first-order valence-corrected chi connectivity index (χ1v) is 10.1. The molecule has 3 heterocycles. The van der Waals surface area contributed by atoms with Crippen LogP contribution in [0.4, 0.5) is 0 Å². The van der Waals surface area contributed by atoms with Gasteiger partial charge in [-0.1, -0.05) is 23.4 Å². The quantitative estimate of drug-likeness (QED) is 0.462. The van der Waals surface area contributed by atoms with Crippen molar-refractivity contribution in [1.29, 1.82) is 0 Å². The van der Waals surface area contributed by atoms with Crippen LogP contribution in [0.25, 0.3) is 22.8 Å². The lowest BCUT2D eigenvalue weighted by Crippen LogP contribution is -2.56. The molecule has 8 nitrogen and oxygen atoms in total. The first-order valence-electron chi connectivity index (χ1n) is 10.1. The largest absolute Gasteiger partial charge is 0.487 e. The van der Waals surface area contributed by atoms with Gasteiger partial charge >= 0.3 is 0 Å². The lowest BCUT2D eigenvalue weighted by atomic mass is 10.1. The number of hydrogen-bond acceptors (Lipinski definition) is 7. The fourth-order valence-electron chi connectivity index (χ4n) is 3.40. The van der Waals surface area contributed by atoms with E-state index in [1.165, 1.54) is 13.3 Å². The molecule has 1 aliphatic heterocycles. The number of nitrogens with zero attached hydrogens (tertiary/aromatic N) is 4. The molecule has 1 aliphatic rings. The van der Waals surface area contributed by atoms with Gasteiger partial charge in [0, 0.05) is 23.4 Å². The van der Waals surface area contributed by atoms with Crippen molar-refractivity contribution in [1.82, 2.24) is 20.0 Å². The van der Waals surface area contributed by atoms with Crippen LogP contribution in [0.5, 0.6) is 11.6 Å². The minimum atomic E-state index is -0.0679. The lowest BCUT2D eigenvalue weighted by molar-refractivity contribution is 0.0177. The Morgan fingerprint density at radius 1 is 1.00 bits per heavy atom. The van der Waals surface area contributed by atoms with E-state index in [1.807, 2.05) is 54.6 Å². The van der Waals surface area contributed by atoms with Gasteiger partial charge in [0.1, 0.15) is 11.9 Å². The highest BCUT2D eigenvalue weighted by molar-refractivity contribution is 5.94. The van der Waals surface area contributed by atoms with E-state index in [2.05, 4.69) is 15.1 Å². The number of pyridine rings is 1. The van der Waals surface area contributed by atoms with Crippen LogP contribution in [-0.2, 0) is 0 Å². The van der Waals surface area contributed by atoms with Crippen molar-refractivity contribution >= 4 is 5.91 Å². The fraction of sp³-hybridized carbons (Fsp3) is 0.167. The average Bonchev–Trinajstić information content (AvgIpc) is 3.32. The predicted octanol–water partition coefficient (Wildman–Crippen LogP) is 3.71. The van der Waals surface area contributed by atoms with Crippen LogP contribution in [0.15, 0.2) is 77.4 Å². The third kappa shape index (κ3) is 4.02. The van der Waals surface area contributed by atoms with E-state index in [-0.39, 0.29) is 12.0 Å². The molecule has 1 saturated heterocycles. The predicted molar refractivity (Wildman–Crippen MR) is 116 cm³/mol. The topological polar surface area (TPSA) is 90.6 Å². The minimum Gasteiger partial charge on any atom is -0.487 e. The Bertz CT molecular complexity index is 1200. The zero-order valence-corrected chi connectivity index (χ0v) is 17.3. The van der Waals surface area contributed by atoms with Crippen LogP contribution in [-0.4, -0.2) is 52.2 Å². The maximum absolute atomic E-state index is 12.5. The number of carbonyl (C=O) groups excluding carboxylic acids is 1. The van der Waals surface area contributed by atoms with E-state index in [0.717, 1.165) is 16.9 Å². The van der Waals surface area contributed by atoms with Gasteiger partial charge in [0.2, 0.25) is 11.7 Å². The summed E-state index contributed by atoms with van der Waals surface area (Å²) in [6.07, 6.45) is 1.47. The van der Waals surface area contributed by atoms with Crippen LogP contribution in [0, 0.1) is 0 Å². The summed E-state index contributed by atoms with van der Waals surface area (Å²) in [7, 11) is 1.54. The smallest absolute Gasteiger partial charge is 0.258 e. The van der Waals surface area contributed by atoms with Gasteiger partial charge < -0.3 is 18.9 Å². The van der Waals surface area contributed by atoms with Crippen molar-refractivity contribution in [3.8, 4) is 34.5 Å². The number of hydrogen-bond donors (Lipinski definition) is 0. The summed E-state index contributed by atoms with van der Waals surface area (Å²) in [5, 5.41) is 4.07. The summed E-state index contributed by atoms with van der Waals surface area (Å²) in [4.78, 5) is 22.8. The zero-order valence-electron chi connectivity index (χ0n) is 17.3. The van der Waals surface area contributed by atoms with Crippen molar-refractivity contribution in [2.45, 2.75) is 6.10 Å². The molecule has 0 bridgehead atoms. The van der Waals surface area contributed by atoms with Crippen molar-refractivity contribution in [2.75, 3.05) is 20.2 Å². The maximum Gasteiger partial charge on any atom is 0.258 e. The Morgan fingerprint density at radius 3 is 2.47 bits per heavy atom. The Kier molecular flexibility index (Phi) is 5.25. The van der Waals surface area contributed by atoms with Crippen LogP contribution < -0.4 is 9.47 Å². The molecular weight excluding hydrogens is 408 g/mol.